The number of nitrogens with zero attached hydrogens (tertiary/aromatic N) is 1. The minimum absolute atomic E-state index is 0.301. The van der Waals surface area contributed by atoms with Crippen LogP contribution < -0.4 is 0 Å². The number of rotatable bonds is 11. The van der Waals surface area contributed by atoms with Gasteiger partial charge in [0, 0.05) is 27.7 Å². The van der Waals surface area contributed by atoms with Crippen LogP contribution in [0.25, 0.3) is 0 Å². The SMILES string of the molecule is CCCCCCCCCCN(C(=O)c1ccc(Cl)cc1)C(=O)c1ccc(Cl)cc1. The van der Waals surface area contributed by atoms with E-state index in [0.717, 1.165) is 19.3 Å². The molecule has 5 heteroatoms. The Balaban J connectivity index is 2.01. The third-order valence-corrected chi connectivity index (χ3v) is 5.41. The summed E-state index contributed by atoms with van der Waals surface area (Å²) >= 11 is 11.9. The van der Waals surface area contributed by atoms with Crippen LogP contribution in [0.2, 0.25) is 10.0 Å². The summed E-state index contributed by atoms with van der Waals surface area (Å²) in [6.45, 7) is 2.61. The van der Waals surface area contributed by atoms with Crippen LogP contribution in [0.15, 0.2) is 48.5 Å². The second-order valence-electron chi connectivity index (χ2n) is 7.25. The molecule has 2 amide bonds. The Kier molecular flexibility index (Phi) is 10.2. The first-order valence-electron chi connectivity index (χ1n) is 10.4. The first-order valence-corrected chi connectivity index (χ1v) is 11.2. The first kappa shape index (κ1) is 23.4. The van der Waals surface area contributed by atoms with E-state index < -0.39 is 0 Å². The van der Waals surface area contributed by atoms with Gasteiger partial charge >= 0.3 is 0 Å². The molecule has 2 rings (SSSR count). The summed E-state index contributed by atoms with van der Waals surface area (Å²) in [5.74, 6) is -0.603. The quantitative estimate of drug-likeness (QED) is 0.273. The fourth-order valence-electron chi connectivity index (χ4n) is 3.20. The average molecular weight is 434 g/mol. The van der Waals surface area contributed by atoms with Gasteiger partial charge in [-0.1, -0.05) is 75.1 Å². The minimum Gasteiger partial charge on any atom is -0.274 e. The first-order chi connectivity index (χ1) is 14.0. The van der Waals surface area contributed by atoms with E-state index in [0.29, 0.717) is 27.7 Å². The number of imide groups is 1. The highest BCUT2D eigenvalue weighted by Gasteiger charge is 2.23. The Morgan fingerprint density at radius 2 is 1.03 bits per heavy atom. The van der Waals surface area contributed by atoms with Crippen molar-refractivity contribution in [1.29, 1.82) is 0 Å². The zero-order chi connectivity index (χ0) is 21.1. The molecule has 2 aromatic carbocycles. The van der Waals surface area contributed by atoms with E-state index in [1.807, 2.05) is 0 Å². The molecule has 29 heavy (non-hydrogen) atoms. The van der Waals surface area contributed by atoms with E-state index in [-0.39, 0.29) is 11.8 Å². The van der Waals surface area contributed by atoms with Crippen molar-refractivity contribution in [3.8, 4) is 0 Å². The van der Waals surface area contributed by atoms with Gasteiger partial charge in [-0.2, -0.15) is 0 Å². The summed E-state index contributed by atoms with van der Waals surface area (Å²) in [7, 11) is 0. The van der Waals surface area contributed by atoms with Crippen molar-refractivity contribution in [2.45, 2.75) is 58.3 Å². The molecule has 0 N–H and O–H groups in total. The molecule has 0 aromatic heterocycles. The maximum Gasteiger partial charge on any atom is 0.260 e. The van der Waals surface area contributed by atoms with Gasteiger partial charge < -0.3 is 0 Å². The van der Waals surface area contributed by atoms with Crippen molar-refractivity contribution >= 4 is 35.0 Å². The standard InChI is InChI=1S/C24H29Cl2NO2/c1-2-3-4-5-6-7-8-9-18-27(23(28)19-10-14-21(25)15-11-19)24(29)20-12-16-22(26)17-13-20/h10-17H,2-9,18H2,1H3. The van der Waals surface area contributed by atoms with Crippen molar-refractivity contribution in [2.24, 2.45) is 0 Å². The maximum absolute atomic E-state index is 13.0. The van der Waals surface area contributed by atoms with Crippen molar-refractivity contribution in [2.75, 3.05) is 6.54 Å². The van der Waals surface area contributed by atoms with Crippen molar-refractivity contribution in [3.63, 3.8) is 0 Å². The molecule has 156 valence electrons. The Labute approximate surface area is 184 Å². The Morgan fingerprint density at radius 3 is 1.45 bits per heavy atom. The fraction of sp³-hybridized carbons (Fsp3) is 0.417. The van der Waals surface area contributed by atoms with E-state index in [1.54, 1.807) is 48.5 Å². The van der Waals surface area contributed by atoms with Crippen LogP contribution in [0, 0.1) is 0 Å². The Hall–Kier alpha value is -1.84. The molecule has 0 unspecified atom stereocenters. The van der Waals surface area contributed by atoms with Gasteiger partial charge in [0.25, 0.3) is 11.8 Å². The van der Waals surface area contributed by atoms with Gasteiger partial charge in [0.1, 0.15) is 0 Å². The zero-order valence-electron chi connectivity index (χ0n) is 17.0. The summed E-state index contributed by atoms with van der Waals surface area (Å²) in [6.07, 6.45) is 9.21. The van der Waals surface area contributed by atoms with Gasteiger partial charge in [-0.15, -0.1) is 0 Å². The number of hydrogen-bond acceptors (Lipinski definition) is 2. The topological polar surface area (TPSA) is 37.4 Å². The highest BCUT2D eigenvalue weighted by Crippen LogP contribution is 2.17. The van der Waals surface area contributed by atoms with Crippen LogP contribution in [0.3, 0.4) is 0 Å². The molecule has 0 fully saturated rings. The number of carbonyl (C=O) groups is 2. The van der Waals surface area contributed by atoms with Crippen LogP contribution in [0.5, 0.6) is 0 Å². The normalized spacial score (nSPS) is 10.7. The van der Waals surface area contributed by atoms with Gasteiger partial charge in [0.2, 0.25) is 0 Å². The molecule has 0 aliphatic heterocycles. The molecule has 0 bridgehead atoms. The van der Waals surface area contributed by atoms with Crippen molar-refractivity contribution in [1.82, 2.24) is 4.90 Å². The Bertz CT molecular complexity index is 715. The number of halogens is 2. The summed E-state index contributed by atoms with van der Waals surface area (Å²) in [4.78, 5) is 27.4. The van der Waals surface area contributed by atoms with Crippen molar-refractivity contribution in [3.05, 3.63) is 69.7 Å². The van der Waals surface area contributed by atoms with Gasteiger partial charge in [0.05, 0.1) is 0 Å². The average Bonchev–Trinajstić information content (AvgIpc) is 2.73. The lowest BCUT2D eigenvalue weighted by atomic mass is 10.1. The van der Waals surface area contributed by atoms with Crippen molar-refractivity contribution < 1.29 is 9.59 Å². The molecule has 3 nitrogen and oxygen atoms in total. The fourth-order valence-corrected chi connectivity index (χ4v) is 3.45. The smallest absolute Gasteiger partial charge is 0.260 e. The van der Waals surface area contributed by atoms with Crippen LogP contribution in [0.4, 0.5) is 0 Å². The molecule has 0 radical (unpaired) electrons. The van der Waals surface area contributed by atoms with Crippen LogP contribution >= 0.6 is 23.2 Å². The van der Waals surface area contributed by atoms with Crippen LogP contribution in [-0.4, -0.2) is 23.3 Å². The van der Waals surface area contributed by atoms with E-state index in [4.69, 9.17) is 23.2 Å². The number of carbonyl (C=O) groups excluding carboxylic acids is 2. The molecule has 0 saturated carbocycles. The van der Waals surface area contributed by atoms with Gasteiger partial charge in [-0.25, -0.2) is 0 Å². The summed E-state index contributed by atoms with van der Waals surface area (Å²) in [5.41, 5.74) is 0.910. The lowest BCUT2D eigenvalue weighted by Crippen LogP contribution is -2.37. The van der Waals surface area contributed by atoms with Gasteiger partial charge in [0.15, 0.2) is 0 Å². The molecule has 2 aromatic rings. The predicted octanol–water partition coefficient (Wildman–Crippen LogP) is 7.42. The molecule has 0 atom stereocenters. The Morgan fingerprint density at radius 1 is 0.655 bits per heavy atom. The maximum atomic E-state index is 13.0. The molecular formula is C24H29Cl2NO2. The largest absolute Gasteiger partial charge is 0.274 e. The second kappa shape index (κ2) is 12.7. The monoisotopic (exact) mass is 433 g/mol. The molecule has 0 aliphatic carbocycles. The lowest BCUT2D eigenvalue weighted by molar-refractivity contribution is 0.0613. The molecular weight excluding hydrogens is 405 g/mol. The summed E-state index contributed by atoms with van der Waals surface area (Å²) in [6, 6.07) is 13.3. The van der Waals surface area contributed by atoms with E-state index in [1.165, 1.54) is 37.0 Å². The zero-order valence-corrected chi connectivity index (χ0v) is 18.5. The summed E-state index contributed by atoms with van der Waals surface area (Å²) in [5, 5.41) is 1.11. The third-order valence-electron chi connectivity index (χ3n) is 4.91. The van der Waals surface area contributed by atoms with E-state index >= 15 is 0 Å². The van der Waals surface area contributed by atoms with Crippen LogP contribution in [-0.2, 0) is 0 Å². The van der Waals surface area contributed by atoms with E-state index in [2.05, 4.69) is 6.92 Å². The highest BCUT2D eigenvalue weighted by atomic mass is 35.5. The number of hydrogen-bond donors (Lipinski definition) is 0. The lowest BCUT2D eigenvalue weighted by Gasteiger charge is -2.21. The molecule has 0 saturated heterocycles. The molecule has 0 aliphatic rings. The number of benzene rings is 2. The third kappa shape index (κ3) is 7.83. The molecule has 0 heterocycles. The van der Waals surface area contributed by atoms with Gasteiger partial charge in [-0.3, -0.25) is 14.5 Å². The molecule has 0 spiro atoms. The highest BCUT2D eigenvalue weighted by molar-refractivity contribution is 6.31. The second-order valence-corrected chi connectivity index (χ2v) is 8.12. The predicted molar refractivity (Wildman–Crippen MR) is 121 cm³/mol. The minimum atomic E-state index is -0.301. The van der Waals surface area contributed by atoms with E-state index in [9.17, 15) is 9.59 Å². The number of amides is 2. The van der Waals surface area contributed by atoms with Gasteiger partial charge in [-0.05, 0) is 55.0 Å². The summed E-state index contributed by atoms with van der Waals surface area (Å²) < 4.78 is 0. The van der Waals surface area contributed by atoms with Crippen LogP contribution in [0.1, 0.15) is 79.0 Å². The number of unbranched alkanes of at least 4 members (excludes halogenated alkanes) is 7.